The quantitative estimate of drug-likeness (QED) is 0.524. The van der Waals surface area contributed by atoms with E-state index in [1.807, 2.05) is 74.5 Å². The number of fused-ring (bicyclic) bond motifs is 2. The highest BCUT2D eigenvalue weighted by Crippen LogP contribution is 2.33. The summed E-state index contributed by atoms with van der Waals surface area (Å²) in [5.74, 6) is -0.143. The third-order valence-electron chi connectivity index (χ3n) is 5.48. The topological polar surface area (TPSA) is 49.4 Å². The van der Waals surface area contributed by atoms with Crippen LogP contribution in [-0.4, -0.2) is 17.9 Å². The molecule has 0 fully saturated rings. The Morgan fingerprint density at radius 3 is 2.47 bits per heavy atom. The molecular weight excluding hydrogens is 420 g/mol. The van der Waals surface area contributed by atoms with Crippen LogP contribution in [0.5, 0.6) is 0 Å². The summed E-state index contributed by atoms with van der Waals surface area (Å²) in [5, 5.41) is 3.60. The van der Waals surface area contributed by atoms with E-state index in [1.165, 1.54) is 0 Å². The van der Waals surface area contributed by atoms with Crippen LogP contribution in [0.1, 0.15) is 47.8 Å². The zero-order valence-electron chi connectivity index (χ0n) is 18.4. The molecule has 0 bridgehead atoms. The molecule has 162 valence electrons. The highest BCUT2D eigenvalue weighted by Gasteiger charge is 2.20. The Bertz CT molecular complexity index is 1230. The Labute approximate surface area is 193 Å². The van der Waals surface area contributed by atoms with Gasteiger partial charge in [0.15, 0.2) is 0 Å². The summed E-state index contributed by atoms with van der Waals surface area (Å²) < 4.78 is 0. The van der Waals surface area contributed by atoms with Gasteiger partial charge in [-0.15, -0.1) is 0 Å². The van der Waals surface area contributed by atoms with Crippen LogP contribution in [0.4, 0.5) is 5.69 Å². The fourth-order valence-corrected chi connectivity index (χ4v) is 4.15. The van der Waals surface area contributed by atoms with Crippen molar-refractivity contribution >= 4 is 41.3 Å². The van der Waals surface area contributed by atoms with E-state index >= 15 is 0 Å². The molecule has 0 spiro atoms. The lowest BCUT2D eigenvalue weighted by molar-refractivity contribution is -0.116. The standard InChI is InChI=1S/C27H25ClN2O2/c1-17(2)29-27(32)25-7-5-4-6-24(25)20-10-8-19-9-11-21-15-23(28)12-13-26(21)30(18(3)31)16-22(19)14-20/h4-15,17H,16H2,1-3H3,(H,29,32)/b11-9-. The number of nitrogens with one attached hydrogen (secondary N) is 1. The molecule has 4 nitrogen and oxygen atoms in total. The summed E-state index contributed by atoms with van der Waals surface area (Å²) in [6.45, 7) is 5.88. The van der Waals surface area contributed by atoms with Crippen LogP contribution >= 0.6 is 11.6 Å². The number of carbonyl (C=O) groups is 2. The van der Waals surface area contributed by atoms with Gasteiger partial charge in [0.25, 0.3) is 5.91 Å². The van der Waals surface area contributed by atoms with Crippen LogP contribution in [0.3, 0.4) is 0 Å². The monoisotopic (exact) mass is 444 g/mol. The molecule has 0 saturated heterocycles. The van der Waals surface area contributed by atoms with Crippen molar-refractivity contribution in [3.63, 3.8) is 0 Å². The lowest BCUT2D eigenvalue weighted by Gasteiger charge is -2.26. The van der Waals surface area contributed by atoms with Crippen molar-refractivity contribution in [2.75, 3.05) is 4.90 Å². The summed E-state index contributed by atoms with van der Waals surface area (Å²) in [6, 6.07) is 19.3. The van der Waals surface area contributed by atoms with Gasteiger partial charge < -0.3 is 10.2 Å². The summed E-state index contributed by atoms with van der Waals surface area (Å²) in [4.78, 5) is 27.1. The third kappa shape index (κ3) is 4.46. The smallest absolute Gasteiger partial charge is 0.252 e. The zero-order chi connectivity index (χ0) is 22.8. The van der Waals surface area contributed by atoms with Crippen LogP contribution < -0.4 is 10.2 Å². The second kappa shape index (κ2) is 9.01. The van der Waals surface area contributed by atoms with Gasteiger partial charge in [0, 0.05) is 23.6 Å². The van der Waals surface area contributed by atoms with Gasteiger partial charge in [0.2, 0.25) is 5.91 Å². The van der Waals surface area contributed by atoms with E-state index in [9.17, 15) is 9.59 Å². The molecule has 1 aliphatic heterocycles. The largest absolute Gasteiger partial charge is 0.350 e. The molecule has 4 rings (SSSR count). The van der Waals surface area contributed by atoms with Crippen molar-refractivity contribution in [3.05, 3.63) is 87.9 Å². The average Bonchev–Trinajstić information content (AvgIpc) is 2.74. The van der Waals surface area contributed by atoms with Crippen molar-refractivity contribution in [2.24, 2.45) is 0 Å². The minimum atomic E-state index is -0.0987. The predicted octanol–water partition coefficient (Wildman–Crippen LogP) is 6.18. The third-order valence-corrected chi connectivity index (χ3v) is 5.71. The van der Waals surface area contributed by atoms with Crippen molar-refractivity contribution in [3.8, 4) is 11.1 Å². The SMILES string of the molecule is CC(=O)N1Cc2cc(-c3ccccc3C(=O)NC(C)C)ccc2/C=C\c2cc(Cl)ccc21. The van der Waals surface area contributed by atoms with Crippen LogP contribution in [0.25, 0.3) is 23.3 Å². The van der Waals surface area contributed by atoms with Crippen LogP contribution in [0, 0.1) is 0 Å². The second-order valence-electron chi connectivity index (χ2n) is 8.23. The molecule has 0 atom stereocenters. The lowest BCUT2D eigenvalue weighted by atomic mass is 9.93. The number of carbonyl (C=O) groups excluding carboxylic acids is 2. The average molecular weight is 445 g/mol. The Balaban J connectivity index is 1.80. The number of anilines is 1. The van der Waals surface area contributed by atoms with Crippen molar-refractivity contribution < 1.29 is 9.59 Å². The molecular formula is C27H25ClN2O2. The zero-order valence-corrected chi connectivity index (χ0v) is 19.1. The first kappa shape index (κ1) is 21.8. The van der Waals surface area contributed by atoms with Crippen molar-refractivity contribution in [2.45, 2.75) is 33.4 Å². The fraction of sp³-hybridized carbons (Fsp3) is 0.185. The van der Waals surface area contributed by atoms with Gasteiger partial charge in [0.1, 0.15) is 0 Å². The van der Waals surface area contributed by atoms with Crippen LogP contribution in [-0.2, 0) is 11.3 Å². The predicted molar refractivity (Wildman–Crippen MR) is 132 cm³/mol. The number of nitrogens with zero attached hydrogens (tertiary/aromatic N) is 1. The van der Waals surface area contributed by atoms with Crippen molar-refractivity contribution in [1.82, 2.24) is 5.32 Å². The highest BCUT2D eigenvalue weighted by molar-refractivity contribution is 6.30. The normalized spacial score (nSPS) is 13.6. The van der Waals surface area contributed by atoms with Gasteiger partial charge in [-0.1, -0.05) is 54.1 Å². The summed E-state index contributed by atoms with van der Waals surface area (Å²) in [7, 11) is 0. The molecule has 1 heterocycles. The molecule has 3 aromatic rings. The van der Waals surface area contributed by atoms with Crippen LogP contribution in [0.2, 0.25) is 5.02 Å². The Hall–Kier alpha value is -3.37. The maximum absolute atomic E-state index is 12.8. The summed E-state index contributed by atoms with van der Waals surface area (Å²) in [6.07, 6.45) is 4.03. The van der Waals surface area contributed by atoms with E-state index < -0.39 is 0 Å². The molecule has 1 N–H and O–H groups in total. The number of amides is 2. The Morgan fingerprint density at radius 2 is 1.72 bits per heavy atom. The van der Waals surface area contributed by atoms with Gasteiger partial charge in [-0.05, 0) is 72.0 Å². The molecule has 2 amide bonds. The van der Waals surface area contributed by atoms with Gasteiger partial charge in [-0.2, -0.15) is 0 Å². The van der Waals surface area contributed by atoms with E-state index in [0.717, 1.165) is 33.5 Å². The summed E-state index contributed by atoms with van der Waals surface area (Å²) in [5.41, 5.74) is 6.19. The summed E-state index contributed by atoms with van der Waals surface area (Å²) >= 11 is 6.19. The number of benzene rings is 3. The molecule has 32 heavy (non-hydrogen) atoms. The Morgan fingerprint density at radius 1 is 0.969 bits per heavy atom. The number of hydrogen-bond donors (Lipinski definition) is 1. The van der Waals surface area contributed by atoms with E-state index in [4.69, 9.17) is 11.6 Å². The highest BCUT2D eigenvalue weighted by atomic mass is 35.5. The molecule has 0 aromatic heterocycles. The minimum absolute atomic E-state index is 0.0445. The van der Waals surface area contributed by atoms with Gasteiger partial charge >= 0.3 is 0 Å². The minimum Gasteiger partial charge on any atom is -0.350 e. The van der Waals surface area contributed by atoms with E-state index in [0.29, 0.717) is 17.1 Å². The maximum atomic E-state index is 12.8. The van der Waals surface area contributed by atoms with E-state index in [-0.39, 0.29) is 17.9 Å². The van der Waals surface area contributed by atoms with Gasteiger partial charge in [0.05, 0.1) is 12.2 Å². The lowest BCUT2D eigenvalue weighted by Crippen LogP contribution is -2.30. The number of rotatable bonds is 3. The molecule has 5 heteroatoms. The molecule has 0 aliphatic carbocycles. The first-order valence-corrected chi connectivity index (χ1v) is 11.0. The first-order chi connectivity index (χ1) is 15.3. The molecule has 0 unspecified atom stereocenters. The number of hydrogen-bond acceptors (Lipinski definition) is 2. The molecule has 0 saturated carbocycles. The van der Waals surface area contributed by atoms with Crippen LogP contribution in [0.15, 0.2) is 60.7 Å². The van der Waals surface area contributed by atoms with E-state index in [2.05, 4.69) is 11.4 Å². The van der Waals surface area contributed by atoms with Crippen molar-refractivity contribution in [1.29, 1.82) is 0 Å². The number of halogens is 1. The maximum Gasteiger partial charge on any atom is 0.252 e. The molecule has 3 aromatic carbocycles. The molecule has 0 radical (unpaired) electrons. The Kier molecular flexibility index (Phi) is 6.15. The molecule has 1 aliphatic rings. The second-order valence-corrected chi connectivity index (χ2v) is 8.67. The fourth-order valence-electron chi connectivity index (χ4n) is 3.97. The van der Waals surface area contributed by atoms with Gasteiger partial charge in [-0.3, -0.25) is 9.59 Å². The first-order valence-electron chi connectivity index (χ1n) is 10.6. The van der Waals surface area contributed by atoms with Gasteiger partial charge in [-0.25, -0.2) is 0 Å². The van der Waals surface area contributed by atoms with E-state index in [1.54, 1.807) is 17.9 Å².